The van der Waals surface area contributed by atoms with Crippen LogP contribution in [-0.4, -0.2) is 49.8 Å². The molecule has 0 unspecified atom stereocenters. The number of nitrogens with zero attached hydrogens (tertiary/aromatic N) is 1. The summed E-state index contributed by atoms with van der Waals surface area (Å²) in [5.74, 6) is -1.52. The van der Waals surface area contributed by atoms with Crippen molar-refractivity contribution in [3.05, 3.63) is 0 Å². The van der Waals surface area contributed by atoms with Gasteiger partial charge in [0.2, 0.25) is 0 Å². The van der Waals surface area contributed by atoms with Gasteiger partial charge in [-0.15, -0.1) is 0 Å². The first-order chi connectivity index (χ1) is 7.95. The van der Waals surface area contributed by atoms with Crippen molar-refractivity contribution in [2.75, 3.05) is 32.8 Å². The lowest BCUT2D eigenvalue weighted by atomic mass is 9.98. The van der Waals surface area contributed by atoms with Gasteiger partial charge in [-0.3, -0.25) is 4.79 Å². The van der Waals surface area contributed by atoms with Crippen LogP contribution >= 0.6 is 0 Å². The van der Waals surface area contributed by atoms with E-state index in [1.807, 2.05) is 0 Å². The number of nitrogens with two attached hydrogens (primary N) is 1. The van der Waals surface area contributed by atoms with Gasteiger partial charge in [-0.1, -0.05) is 0 Å². The molecule has 1 heterocycles. The Morgan fingerprint density at radius 1 is 1.35 bits per heavy atom. The second-order valence-corrected chi connectivity index (χ2v) is 4.10. The van der Waals surface area contributed by atoms with Crippen LogP contribution in [0.1, 0.15) is 12.8 Å². The van der Waals surface area contributed by atoms with Gasteiger partial charge >= 0.3 is 12.1 Å². The molecule has 1 amide bonds. The number of carbonyl (C=O) groups excluding carboxylic acids is 1. The van der Waals surface area contributed by atoms with Gasteiger partial charge < -0.3 is 15.4 Å². The Hall–Kier alpha value is -0.820. The van der Waals surface area contributed by atoms with Crippen molar-refractivity contribution in [2.24, 2.45) is 11.7 Å². The lowest BCUT2D eigenvalue weighted by Crippen LogP contribution is -2.45. The van der Waals surface area contributed by atoms with Crippen molar-refractivity contribution in [3.63, 3.8) is 0 Å². The highest BCUT2D eigenvalue weighted by atomic mass is 19.4. The number of ether oxygens (including phenoxy) is 1. The Kier molecular flexibility index (Phi) is 5.20. The van der Waals surface area contributed by atoms with E-state index >= 15 is 0 Å². The van der Waals surface area contributed by atoms with E-state index in [9.17, 15) is 18.0 Å². The molecule has 0 bridgehead atoms. The molecule has 100 valence electrons. The van der Waals surface area contributed by atoms with Gasteiger partial charge in [0, 0.05) is 26.2 Å². The number of hydrogen-bond acceptors (Lipinski definition) is 3. The highest BCUT2D eigenvalue weighted by Crippen LogP contribution is 2.23. The number of alkyl halides is 3. The van der Waals surface area contributed by atoms with Crippen molar-refractivity contribution in [1.29, 1.82) is 0 Å². The van der Waals surface area contributed by atoms with Gasteiger partial charge in [-0.05, 0) is 18.8 Å². The fourth-order valence-electron chi connectivity index (χ4n) is 1.82. The molecule has 0 spiro atoms. The Morgan fingerprint density at radius 3 is 2.41 bits per heavy atom. The van der Waals surface area contributed by atoms with Gasteiger partial charge in [0.25, 0.3) is 0 Å². The molecule has 1 saturated heterocycles. The third kappa shape index (κ3) is 4.51. The largest absolute Gasteiger partial charge is 0.471 e. The molecule has 1 fully saturated rings. The van der Waals surface area contributed by atoms with Gasteiger partial charge in [-0.25, -0.2) is 0 Å². The molecule has 1 aliphatic rings. The zero-order valence-electron chi connectivity index (χ0n) is 9.50. The first-order valence-electron chi connectivity index (χ1n) is 5.59. The Balaban J connectivity index is 2.28. The fraction of sp³-hybridized carbons (Fsp3) is 0.900. The molecular formula is C10H17F3N2O2. The van der Waals surface area contributed by atoms with E-state index in [1.54, 1.807) is 0 Å². The smallest absolute Gasteiger partial charge is 0.380 e. The molecular weight excluding hydrogens is 237 g/mol. The normalized spacial score (nSPS) is 18.5. The lowest BCUT2D eigenvalue weighted by Gasteiger charge is -2.32. The van der Waals surface area contributed by atoms with Crippen LogP contribution in [0.25, 0.3) is 0 Å². The van der Waals surface area contributed by atoms with Gasteiger partial charge in [0.1, 0.15) is 0 Å². The molecule has 4 nitrogen and oxygen atoms in total. The molecule has 0 aromatic carbocycles. The zero-order chi connectivity index (χ0) is 12.9. The summed E-state index contributed by atoms with van der Waals surface area (Å²) < 4.78 is 41.7. The standard InChI is InChI=1S/C10H17F3N2O2/c11-10(12,13)9(16)15-4-1-8(2-5-15)7-17-6-3-14/h8H,1-7,14H2. The van der Waals surface area contributed by atoms with E-state index in [0.717, 1.165) is 4.90 Å². The summed E-state index contributed by atoms with van der Waals surface area (Å²) in [6.07, 6.45) is -3.67. The lowest BCUT2D eigenvalue weighted by molar-refractivity contribution is -0.186. The third-order valence-electron chi connectivity index (χ3n) is 2.76. The summed E-state index contributed by atoms with van der Waals surface area (Å²) >= 11 is 0. The summed E-state index contributed by atoms with van der Waals surface area (Å²) in [6, 6.07) is 0. The van der Waals surface area contributed by atoms with Gasteiger partial charge in [0.05, 0.1) is 6.61 Å². The second-order valence-electron chi connectivity index (χ2n) is 4.10. The second kappa shape index (κ2) is 6.20. The predicted molar refractivity (Wildman–Crippen MR) is 55.2 cm³/mol. The number of likely N-dealkylation sites (tertiary alicyclic amines) is 1. The van der Waals surface area contributed by atoms with Gasteiger partial charge in [-0.2, -0.15) is 13.2 Å². The van der Waals surface area contributed by atoms with Crippen LogP contribution in [0.2, 0.25) is 0 Å². The Morgan fingerprint density at radius 2 is 1.94 bits per heavy atom. The third-order valence-corrected chi connectivity index (χ3v) is 2.76. The summed E-state index contributed by atoms with van der Waals surface area (Å²) in [7, 11) is 0. The minimum Gasteiger partial charge on any atom is -0.380 e. The highest BCUT2D eigenvalue weighted by Gasteiger charge is 2.43. The molecule has 0 radical (unpaired) electrons. The van der Waals surface area contributed by atoms with Crippen molar-refractivity contribution in [3.8, 4) is 0 Å². The summed E-state index contributed by atoms with van der Waals surface area (Å²) in [6.45, 7) is 1.70. The minimum absolute atomic E-state index is 0.148. The van der Waals surface area contributed by atoms with Crippen LogP contribution < -0.4 is 5.73 Å². The molecule has 17 heavy (non-hydrogen) atoms. The maximum absolute atomic E-state index is 12.1. The fourth-order valence-corrected chi connectivity index (χ4v) is 1.82. The molecule has 0 aliphatic carbocycles. The van der Waals surface area contributed by atoms with Crippen molar-refractivity contribution < 1.29 is 22.7 Å². The average Bonchev–Trinajstić information content (AvgIpc) is 2.28. The summed E-state index contributed by atoms with van der Waals surface area (Å²) in [5, 5.41) is 0. The van der Waals surface area contributed by atoms with Crippen LogP contribution in [0.5, 0.6) is 0 Å². The summed E-state index contributed by atoms with van der Waals surface area (Å²) in [4.78, 5) is 11.8. The Labute approximate surface area is 97.9 Å². The first kappa shape index (κ1) is 14.2. The van der Waals surface area contributed by atoms with Crippen LogP contribution in [0.3, 0.4) is 0 Å². The van der Waals surface area contributed by atoms with E-state index in [-0.39, 0.29) is 19.0 Å². The predicted octanol–water partition coefficient (Wildman–Crippen LogP) is 0.763. The molecule has 1 aliphatic heterocycles. The summed E-state index contributed by atoms with van der Waals surface area (Å²) in [5.41, 5.74) is 5.25. The molecule has 0 aromatic rings. The number of piperidine rings is 1. The van der Waals surface area contributed by atoms with E-state index in [0.29, 0.717) is 32.6 Å². The number of halogens is 3. The van der Waals surface area contributed by atoms with Crippen molar-refractivity contribution in [1.82, 2.24) is 4.90 Å². The number of rotatable bonds is 4. The first-order valence-corrected chi connectivity index (χ1v) is 5.59. The van der Waals surface area contributed by atoms with Gasteiger partial charge in [0.15, 0.2) is 0 Å². The molecule has 7 heteroatoms. The molecule has 0 saturated carbocycles. The molecule has 0 atom stereocenters. The van der Waals surface area contributed by atoms with Crippen LogP contribution in [0, 0.1) is 5.92 Å². The maximum atomic E-state index is 12.1. The number of hydrogen-bond donors (Lipinski definition) is 1. The number of amides is 1. The zero-order valence-corrected chi connectivity index (χ0v) is 9.50. The van der Waals surface area contributed by atoms with E-state index < -0.39 is 12.1 Å². The SMILES string of the molecule is NCCOCC1CCN(C(=O)C(F)(F)F)CC1. The quantitative estimate of drug-likeness (QED) is 0.754. The van der Waals surface area contributed by atoms with E-state index in [1.165, 1.54) is 0 Å². The van der Waals surface area contributed by atoms with Crippen LogP contribution in [0.15, 0.2) is 0 Å². The molecule has 1 rings (SSSR count). The molecule has 2 N–H and O–H groups in total. The van der Waals surface area contributed by atoms with E-state index in [2.05, 4.69) is 0 Å². The van der Waals surface area contributed by atoms with Crippen LogP contribution in [0.4, 0.5) is 13.2 Å². The topological polar surface area (TPSA) is 55.6 Å². The maximum Gasteiger partial charge on any atom is 0.471 e. The highest BCUT2D eigenvalue weighted by molar-refractivity contribution is 5.81. The van der Waals surface area contributed by atoms with Crippen molar-refractivity contribution >= 4 is 5.91 Å². The average molecular weight is 254 g/mol. The van der Waals surface area contributed by atoms with Crippen molar-refractivity contribution in [2.45, 2.75) is 19.0 Å². The number of carbonyl (C=O) groups is 1. The van der Waals surface area contributed by atoms with E-state index in [4.69, 9.17) is 10.5 Å². The Bertz CT molecular complexity index is 250. The minimum atomic E-state index is -4.76. The molecule has 0 aromatic heterocycles. The monoisotopic (exact) mass is 254 g/mol. The van der Waals surface area contributed by atoms with Crippen LogP contribution in [-0.2, 0) is 9.53 Å².